The number of benzene rings is 2. The van der Waals surface area contributed by atoms with Gasteiger partial charge in [0.25, 0.3) is 0 Å². The van der Waals surface area contributed by atoms with Gasteiger partial charge < -0.3 is 14.8 Å². The van der Waals surface area contributed by atoms with Crippen molar-refractivity contribution in [3.8, 4) is 5.75 Å². The summed E-state index contributed by atoms with van der Waals surface area (Å²) in [6.45, 7) is 6.36. The lowest BCUT2D eigenvalue weighted by Crippen LogP contribution is -2.47. The normalized spacial score (nSPS) is 16.6. The minimum atomic E-state index is -0.125. The van der Waals surface area contributed by atoms with Crippen LogP contribution in [0.4, 0.5) is 0 Å². The van der Waals surface area contributed by atoms with E-state index >= 15 is 0 Å². The van der Waals surface area contributed by atoms with Crippen molar-refractivity contribution in [2.45, 2.75) is 38.8 Å². The van der Waals surface area contributed by atoms with E-state index in [-0.39, 0.29) is 30.6 Å². The number of ketones is 1. The van der Waals surface area contributed by atoms with Crippen LogP contribution < -0.4 is 10.1 Å². The van der Waals surface area contributed by atoms with Crippen molar-refractivity contribution in [3.05, 3.63) is 65.7 Å². The minimum absolute atomic E-state index is 0.0345. The van der Waals surface area contributed by atoms with Crippen LogP contribution in [0, 0.1) is 0 Å². The van der Waals surface area contributed by atoms with Crippen molar-refractivity contribution in [1.29, 1.82) is 0 Å². The number of ether oxygens (including phenoxy) is 2. The third-order valence-corrected chi connectivity index (χ3v) is 5.23. The first kappa shape index (κ1) is 23.0. The zero-order valence-corrected chi connectivity index (χ0v) is 18.2. The molecule has 0 bridgehead atoms. The molecular formula is C25H32N2O4. The molecule has 1 N–H and O–H groups in total. The van der Waals surface area contributed by atoms with E-state index in [4.69, 9.17) is 9.47 Å². The summed E-state index contributed by atoms with van der Waals surface area (Å²) in [5, 5.41) is 2.91. The summed E-state index contributed by atoms with van der Waals surface area (Å²) in [4.78, 5) is 26.9. The molecule has 31 heavy (non-hydrogen) atoms. The third kappa shape index (κ3) is 7.81. The smallest absolute Gasteiger partial charge is 0.220 e. The van der Waals surface area contributed by atoms with E-state index in [9.17, 15) is 9.59 Å². The van der Waals surface area contributed by atoms with Crippen LogP contribution in [0.3, 0.4) is 0 Å². The summed E-state index contributed by atoms with van der Waals surface area (Å²) in [6, 6.07) is 17.4. The molecule has 0 aliphatic carbocycles. The molecule has 1 aliphatic rings. The summed E-state index contributed by atoms with van der Waals surface area (Å²) < 4.78 is 11.3. The number of nitrogens with zero attached hydrogens (tertiary/aromatic N) is 1. The fourth-order valence-electron chi connectivity index (χ4n) is 3.53. The largest absolute Gasteiger partial charge is 0.494 e. The molecule has 6 nitrogen and oxygen atoms in total. The highest BCUT2D eigenvalue weighted by atomic mass is 16.5. The van der Waals surface area contributed by atoms with E-state index in [2.05, 4.69) is 22.3 Å². The molecule has 1 fully saturated rings. The first-order valence-electron chi connectivity index (χ1n) is 11.0. The second-order valence-electron chi connectivity index (χ2n) is 7.81. The molecule has 0 aromatic heterocycles. The molecule has 6 heteroatoms. The summed E-state index contributed by atoms with van der Waals surface area (Å²) in [5.41, 5.74) is 1.87. The van der Waals surface area contributed by atoms with E-state index in [0.717, 1.165) is 31.8 Å². The number of rotatable bonds is 11. The Bertz CT molecular complexity index is 823. The maximum absolute atomic E-state index is 12.3. The Morgan fingerprint density at radius 2 is 1.87 bits per heavy atom. The number of carbonyl (C=O) groups excluding carboxylic acids is 2. The number of hydrogen-bond acceptors (Lipinski definition) is 5. The molecule has 0 spiro atoms. The fourth-order valence-corrected chi connectivity index (χ4v) is 3.53. The van der Waals surface area contributed by atoms with Gasteiger partial charge in [0.2, 0.25) is 5.91 Å². The van der Waals surface area contributed by atoms with E-state index in [1.54, 1.807) is 24.3 Å². The molecule has 2 aromatic carbocycles. The molecule has 1 heterocycles. The van der Waals surface area contributed by atoms with Gasteiger partial charge in [0, 0.05) is 44.6 Å². The Morgan fingerprint density at radius 1 is 1.10 bits per heavy atom. The number of amides is 1. The van der Waals surface area contributed by atoms with Crippen molar-refractivity contribution >= 4 is 11.7 Å². The van der Waals surface area contributed by atoms with Gasteiger partial charge in [-0.1, -0.05) is 37.3 Å². The van der Waals surface area contributed by atoms with Gasteiger partial charge in [-0.3, -0.25) is 14.5 Å². The van der Waals surface area contributed by atoms with Gasteiger partial charge in [-0.15, -0.1) is 0 Å². The Kier molecular flexibility index (Phi) is 9.06. The molecule has 3 rings (SSSR count). The SMILES string of the molecule is CCCOc1ccc(C(=O)CCC(=O)NCC2CN(Cc3ccccc3)CCO2)cc1. The predicted molar refractivity (Wildman–Crippen MR) is 120 cm³/mol. The second kappa shape index (κ2) is 12.2. The first-order valence-corrected chi connectivity index (χ1v) is 11.0. The van der Waals surface area contributed by atoms with Gasteiger partial charge in [-0.25, -0.2) is 0 Å². The van der Waals surface area contributed by atoms with Crippen LogP contribution >= 0.6 is 0 Å². The minimum Gasteiger partial charge on any atom is -0.494 e. The molecule has 2 aromatic rings. The number of morpholine rings is 1. The third-order valence-electron chi connectivity index (χ3n) is 5.23. The van der Waals surface area contributed by atoms with Gasteiger partial charge in [0.15, 0.2) is 5.78 Å². The highest BCUT2D eigenvalue weighted by molar-refractivity contribution is 5.98. The van der Waals surface area contributed by atoms with Gasteiger partial charge in [0.1, 0.15) is 5.75 Å². The lowest BCUT2D eigenvalue weighted by molar-refractivity contribution is -0.122. The van der Waals surface area contributed by atoms with Crippen LogP contribution in [0.2, 0.25) is 0 Å². The van der Waals surface area contributed by atoms with Gasteiger partial charge in [0.05, 0.1) is 19.3 Å². The maximum Gasteiger partial charge on any atom is 0.220 e. The van der Waals surface area contributed by atoms with Gasteiger partial charge in [-0.2, -0.15) is 0 Å². The standard InChI is InChI=1S/C25H32N2O4/c1-2-15-30-22-10-8-21(9-11-22)24(28)12-13-25(29)26-17-23-19-27(14-16-31-23)18-20-6-4-3-5-7-20/h3-11,23H,2,12-19H2,1H3,(H,26,29). The molecule has 1 amide bonds. The monoisotopic (exact) mass is 424 g/mol. The Balaban J connectivity index is 1.36. The molecular weight excluding hydrogens is 392 g/mol. The van der Waals surface area contributed by atoms with Crippen LogP contribution in [0.5, 0.6) is 5.75 Å². The zero-order valence-electron chi connectivity index (χ0n) is 18.2. The zero-order chi connectivity index (χ0) is 21.9. The van der Waals surface area contributed by atoms with Gasteiger partial charge in [-0.05, 0) is 36.2 Å². The maximum atomic E-state index is 12.3. The highest BCUT2D eigenvalue weighted by Gasteiger charge is 2.21. The molecule has 1 unspecified atom stereocenters. The summed E-state index contributed by atoms with van der Waals surface area (Å²) in [7, 11) is 0. The summed E-state index contributed by atoms with van der Waals surface area (Å²) >= 11 is 0. The van der Waals surface area contributed by atoms with E-state index in [0.29, 0.717) is 25.3 Å². The first-order chi connectivity index (χ1) is 15.1. The van der Waals surface area contributed by atoms with E-state index in [1.807, 2.05) is 25.1 Å². The van der Waals surface area contributed by atoms with Crippen LogP contribution in [0.1, 0.15) is 42.1 Å². The van der Waals surface area contributed by atoms with Gasteiger partial charge >= 0.3 is 0 Å². The van der Waals surface area contributed by atoms with Crippen molar-refractivity contribution in [3.63, 3.8) is 0 Å². The Labute approximate surface area is 184 Å². The highest BCUT2D eigenvalue weighted by Crippen LogP contribution is 2.14. The quantitative estimate of drug-likeness (QED) is 0.560. The number of Topliss-reactive ketones (excluding diaryl/α,β-unsaturated/α-hetero) is 1. The Hall–Kier alpha value is -2.70. The molecule has 0 radical (unpaired) electrons. The van der Waals surface area contributed by atoms with Crippen molar-refractivity contribution < 1.29 is 19.1 Å². The summed E-state index contributed by atoms with van der Waals surface area (Å²) in [6.07, 6.45) is 1.26. The molecule has 1 atom stereocenters. The lowest BCUT2D eigenvalue weighted by Gasteiger charge is -2.33. The number of carbonyl (C=O) groups is 2. The van der Waals surface area contributed by atoms with Crippen LogP contribution in [0.15, 0.2) is 54.6 Å². The van der Waals surface area contributed by atoms with Crippen molar-refractivity contribution in [1.82, 2.24) is 10.2 Å². The van der Waals surface area contributed by atoms with Crippen molar-refractivity contribution in [2.75, 3.05) is 32.8 Å². The average Bonchev–Trinajstić information content (AvgIpc) is 2.81. The summed E-state index contributed by atoms with van der Waals surface area (Å²) in [5.74, 6) is 0.588. The topological polar surface area (TPSA) is 67.9 Å². The molecule has 0 saturated carbocycles. The molecule has 1 saturated heterocycles. The van der Waals surface area contributed by atoms with Crippen LogP contribution in [-0.4, -0.2) is 55.5 Å². The van der Waals surface area contributed by atoms with Crippen LogP contribution in [-0.2, 0) is 16.1 Å². The molecule has 166 valence electrons. The number of hydrogen-bond donors (Lipinski definition) is 1. The molecule has 1 aliphatic heterocycles. The van der Waals surface area contributed by atoms with Crippen molar-refractivity contribution in [2.24, 2.45) is 0 Å². The van der Waals surface area contributed by atoms with E-state index < -0.39 is 0 Å². The fraction of sp³-hybridized carbons (Fsp3) is 0.440. The number of nitrogens with one attached hydrogen (secondary N) is 1. The average molecular weight is 425 g/mol. The second-order valence-corrected chi connectivity index (χ2v) is 7.81. The lowest BCUT2D eigenvalue weighted by atomic mass is 10.1. The van der Waals surface area contributed by atoms with Crippen LogP contribution in [0.25, 0.3) is 0 Å². The van der Waals surface area contributed by atoms with E-state index in [1.165, 1.54) is 5.56 Å². The predicted octanol–water partition coefficient (Wildman–Crippen LogP) is 3.46. The Morgan fingerprint density at radius 3 is 2.61 bits per heavy atom.